The molecule has 154 valence electrons. The van der Waals surface area contributed by atoms with Crippen LogP contribution < -0.4 is 4.90 Å². The van der Waals surface area contributed by atoms with Crippen molar-refractivity contribution in [3.63, 3.8) is 0 Å². The van der Waals surface area contributed by atoms with Gasteiger partial charge in [-0.25, -0.2) is 4.68 Å². The highest BCUT2D eigenvalue weighted by Gasteiger charge is 2.33. The fraction of sp³-hybridized carbons (Fsp3) is 0.227. The lowest BCUT2D eigenvalue weighted by Crippen LogP contribution is -2.32. The van der Waals surface area contributed by atoms with Gasteiger partial charge in [-0.1, -0.05) is 6.07 Å². The summed E-state index contributed by atoms with van der Waals surface area (Å²) in [7, 11) is 0. The third-order valence-electron chi connectivity index (χ3n) is 4.75. The van der Waals surface area contributed by atoms with E-state index in [9.17, 15) is 18.0 Å². The van der Waals surface area contributed by atoms with Gasteiger partial charge in [0, 0.05) is 24.0 Å². The van der Waals surface area contributed by atoms with Gasteiger partial charge < -0.3 is 4.90 Å². The molecule has 0 aliphatic rings. The summed E-state index contributed by atoms with van der Waals surface area (Å²) >= 11 is 0. The molecule has 0 unspecified atom stereocenters. The van der Waals surface area contributed by atoms with Crippen molar-refractivity contribution in [2.45, 2.75) is 26.4 Å². The van der Waals surface area contributed by atoms with E-state index in [1.807, 2.05) is 38.1 Å². The van der Waals surface area contributed by atoms with Gasteiger partial charge in [0.1, 0.15) is 0 Å². The van der Waals surface area contributed by atoms with E-state index in [4.69, 9.17) is 5.26 Å². The molecule has 8 heteroatoms. The minimum Gasteiger partial charge on any atom is -0.307 e. The summed E-state index contributed by atoms with van der Waals surface area (Å²) in [6.45, 7) is 4.15. The topological polar surface area (TPSA) is 61.9 Å². The number of aryl methyl sites for hydroxylation is 2. The minimum absolute atomic E-state index is 0.171. The van der Waals surface area contributed by atoms with Crippen LogP contribution in [-0.2, 0) is 6.18 Å². The van der Waals surface area contributed by atoms with Gasteiger partial charge in [-0.05, 0) is 67.4 Å². The van der Waals surface area contributed by atoms with Crippen LogP contribution in [0.1, 0.15) is 33.6 Å². The third kappa shape index (κ3) is 4.51. The van der Waals surface area contributed by atoms with Crippen molar-refractivity contribution < 1.29 is 18.0 Å². The lowest BCUT2D eigenvalue weighted by atomic mass is 10.1. The highest BCUT2D eigenvalue weighted by molar-refractivity contribution is 6.06. The first kappa shape index (κ1) is 21.1. The Balaban J connectivity index is 1.87. The van der Waals surface area contributed by atoms with Gasteiger partial charge in [-0.2, -0.15) is 23.5 Å². The van der Waals surface area contributed by atoms with E-state index in [0.29, 0.717) is 16.9 Å². The second-order valence-electron chi connectivity index (χ2n) is 6.82. The molecule has 1 heterocycles. The van der Waals surface area contributed by atoms with E-state index in [0.717, 1.165) is 21.9 Å². The van der Waals surface area contributed by atoms with E-state index in [1.54, 1.807) is 0 Å². The van der Waals surface area contributed by atoms with Crippen molar-refractivity contribution in [3.05, 3.63) is 77.1 Å². The van der Waals surface area contributed by atoms with Gasteiger partial charge in [0.15, 0.2) is 5.69 Å². The number of anilines is 1. The number of alkyl halides is 3. The standard InChI is InChI=1S/C22H19F3N4O/c1-15-4-7-19(14-16(15)2)28(12-3-11-26)21(30)17-5-8-18(9-6-17)29-13-10-20(27-29)22(23,24)25/h4-10,13-14H,3,12H2,1-2H3. The first-order valence-corrected chi connectivity index (χ1v) is 9.20. The minimum atomic E-state index is -4.52. The van der Waals surface area contributed by atoms with E-state index in [1.165, 1.54) is 35.4 Å². The average molecular weight is 412 g/mol. The Morgan fingerprint density at radius 3 is 2.37 bits per heavy atom. The summed E-state index contributed by atoms with van der Waals surface area (Å²) < 4.78 is 39.3. The van der Waals surface area contributed by atoms with Crippen molar-refractivity contribution in [3.8, 4) is 11.8 Å². The summed E-state index contributed by atoms with van der Waals surface area (Å²) in [4.78, 5) is 14.6. The van der Waals surface area contributed by atoms with Crippen LogP contribution in [0.15, 0.2) is 54.7 Å². The Hall–Kier alpha value is -3.60. The normalized spacial score (nSPS) is 11.2. The molecule has 0 saturated carbocycles. The smallest absolute Gasteiger partial charge is 0.307 e. The molecule has 2 aromatic carbocycles. The summed E-state index contributed by atoms with van der Waals surface area (Å²) in [5.74, 6) is -0.295. The zero-order valence-corrected chi connectivity index (χ0v) is 16.4. The number of carbonyl (C=O) groups excluding carboxylic acids is 1. The Labute approximate surface area is 172 Å². The molecule has 0 spiro atoms. The quantitative estimate of drug-likeness (QED) is 0.588. The molecule has 0 atom stereocenters. The molecule has 30 heavy (non-hydrogen) atoms. The highest BCUT2D eigenvalue weighted by Crippen LogP contribution is 2.28. The molecule has 0 bridgehead atoms. The van der Waals surface area contributed by atoms with E-state index in [2.05, 4.69) is 5.10 Å². The number of carbonyl (C=O) groups is 1. The van der Waals surface area contributed by atoms with Gasteiger partial charge in [0.05, 0.1) is 18.2 Å². The van der Waals surface area contributed by atoms with E-state index >= 15 is 0 Å². The van der Waals surface area contributed by atoms with Crippen LogP contribution in [0.5, 0.6) is 0 Å². The zero-order valence-electron chi connectivity index (χ0n) is 16.4. The van der Waals surface area contributed by atoms with Crippen molar-refractivity contribution in [1.82, 2.24) is 9.78 Å². The first-order valence-electron chi connectivity index (χ1n) is 9.20. The maximum atomic E-state index is 13.1. The number of halogens is 3. The van der Waals surface area contributed by atoms with Gasteiger partial charge in [0.2, 0.25) is 0 Å². The zero-order chi connectivity index (χ0) is 21.9. The fourth-order valence-electron chi connectivity index (χ4n) is 2.93. The Morgan fingerprint density at radius 1 is 1.10 bits per heavy atom. The van der Waals surface area contributed by atoms with Gasteiger partial charge in [-0.3, -0.25) is 4.79 Å². The lowest BCUT2D eigenvalue weighted by molar-refractivity contribution is -0.141. The van der Waals surface area contributed by atoms with Crippen molar-refractivity contribution in [1.29, 1.82) is 5.26 Å². The highest BCUT2D eigenvalue weighted by atomic mass is 19.4. The molecular formula is C22H19F3N4O. The molecule has 0 radical (unpaired) electrons. The first-order chi connectivity index (χ1) is 14.2. The molecule has 0 aliphatic carbocycles. The van der Waals surface area contributed by atoms with Gasteiger partial charge in [0.25, 0.3) is 5.91 Å². The summed E-state index contributed by atoms with van der Waals surface area (Å²) in [5, 5.41) is 12.5. The molecular weight excluding hydrogens is 393 g/mol. The van der Waals surface area contributed by atoms with Crippen LogP contribution in [-0.4, -0.2) is 22.2 Å². The molecule has 3 aromatic rings. The number of nitriles is 1. The van der Waals surface area contributed by atoms with Crippen LogP contribution in [0.4, 0.5) is 18.9 Å². The Bertz CT molecular complexity index is 1090. The number of rotatable bonds is 5. The predicted octanol–water partition coefficient (Wildman–Crippen LogP) is 5.07. The van der Waals surface area contributed by atoms with Crippen molar-refractivity contribution in [2.24, 2.45) is 0 Å². The molecule has 5 nitrogen and oxygen atoms in total. The maximum absolute atomic E-state index is 13.1. The SMILES string of the molecule is Cc1ccc(N(CCC#N)C(=O)c2ccc(-n3ccc(C(F)(F)F)n3)cc2)cc1C. The maximum Gasteiger partial charge on any atom is 0.435 e. The molecule has 0 saturated heterocycles. The largest absolute Gasteiger partial charge is 0.435 e. The molecule has 1 aromatic heterocycles. The van der Waals surface area contributed by atoms with Crippen molar-refractivity contribution >= 4 is 11.6 Å². The van der Waals surface area contributed by atoms with E-state index < -0.39 is 11.9 Å². The van der Waals surface area contributed by atoms with Crippen LogP contribution in [0.3, 0.4) is 0 Å². The summed E-state index contributed by atoms with van der Waals surface area (Å²) in [6, 6.07) is 14.7. The van der Waals surface area contributed by atoms with E-state index in [-0.39, 0.29) is 18.9 Å². The molecule has 0 aliphatic heterocycles. The molecule has 3 rings (SSSR count). The molecule has 0 fully saturated rings. The number of amides is 1. The lowest BCUT2D eigenvalue weighted by Gasteiger charge is -2.23. The average Bonchev–Trinajstić information content (AvgIpc) is 3.21. The molecule has 1 amide bonds. The summed E-state index contributed by atoms with van der Waals surface area (Å²) in [6.07, 6.45) is -3.13. The Kier molecular flexibility index (Phi) is 5.92. The molecule has 0 N–H and O–H groups in total. The number of hydrogen-bond acceptors (Lipinski definition) is 3. The number of hydrogen-bond donors (Lipinski definition) is 0. The second kappa shape index (κ2) is 8.41. The Morgan fingerprint density at radius 2 is 1.80 bits per heavy atom. The van der Waals surface area contributed by atoms with Crippen LogP contribution in [0.25, 0.3) is 5.69 Å². The number of aromatic nitrogens is 2. The van der Waals surface area contributed by atoms with Crippen LogP contribution in [0.2, 0.25) is 0 Å². The monoisotopic (exact) mass is 412 g/mol. The number of benzene rings is 2. The van der Waals surface area contributed by atoms with Crippen molar-refractivity contribution in [2.75, 3.05) is 11.4 Å². The van der Waals surface area contributed by atoms with Gasteiger partial charge >= 0.3 is 6.18 Å². The third-order valence-corrected chi connectivity index (χ3v) is 4.75. The fourth-order valence-corrected chi connectivity index (χ4v) is 2.93. The van der Waals surface area contributed by atoms with Crippen LogP contribution >= 0.6 is 0 Å². The van der Waals surface area contributed by atoms with Gasteiger partial charge in [-0.15, -0.1) is 0 Å². The second-order valence-corrected chi connectivity index (χ2v) is 6.82. The van der Waals surface area contributed by atoms with Crippen LogP contribution in [0, 0.1) is 25.2 Å². The number of nitrogens with zero attached hydrogens (tertiary/aromatic N) is 4. The summed E-state index contributed by atoms with van der Waals surface area (Å²) in [5.41, 5.74) is 2.57. The predicted molar refractivity (Wildman–Crippen MR) is 106 cm³/mol.